The highest BCUT2D eigenvalue weighted by Crippen LogP contribution is 2.32. The van der Waals surface area contributed by atoms with Gasteiger partial charge in [0, 0.05) is 114 Å². The minimum Gasteiger partial charge on any atom is -0.497 e. The van der Waals surface area contributed by atoms with Crippen molar-refractivity contribution in [1.82, 2.24) is 67.1 Å². The van der Waals surface area contributed by atoms with Crippen molar-refractivity contribution < 1.29 is 90.9 Å². The van der Waals surface area contributed by atoms with Crippen LogP contribution < -0.4 is 57.5 Å². The SMILES string of the molecule is COc1ccc(C[C@@H]2NC(=O)[C@H]([C@@H](C)O)NC(=O)[C@@H]3[C@@H]4CCN3C(=O)[C@@H]3Cc5cn(c6ccc(F)cc56)CCCCCCN(Cc5ccc(cc5)CCNC(=O)[C@]5(C)CCCN5C2=O)C(=O)CCC(=O)N[C@@H](C)C(=O)N[C@H](CNC(=O)CCOCCOCCC[NH+](C)C)C(=O)N[C@@H](Cc2cccc(c2)CNC(=O)CO4)C(=O)N3)cc1. The Morgan fingerprint density at radius 2 is 1.41 bits per heavy atom. The maximum Gasteiger partial charge on any atom is 0.246 e. The summed E-state index contributed by atoms with van der Waals surface area (Å²) in [5.74, 6) is -9.33. The van der Waals surface area contributed by atoms with Gasteiger partial charge in [0.1, 0.15) is 66.0 Å². The second-order valence-corrected chi connectivity index (χ2v) is 31.0. The minimum atomic E-state index is -1.86. The maximum absolute atomic E-state index is 16.3. The molecule has 2 fully saturated rings. The number of fused-ring (bicyclic) bond motifs is 16. The predicted molar refractivity (Wildman–Crippen MR) is 420 cm³/mol. The fraction of sp³-hybridized carbons (Fsp3) is 0.542. The largest absolute Gasteiger partial charge is 0.497 e. The molecule has 1 aromatic heterocycles. The highest BCUT2D eigenvalue weighted by molar-refractivity contribution is 6.00. The predicted octanol–water partition coefficient (Wildman–Crippen LogP) is 0.253. The van der Waals surface area contributed by atoms with Crippen LogP contribution in [0.15, 0.2) is 97.2 Å². The molecule has 7 heterocycles. The Morgan fingerprint density at radius 3 is 2.16 bits per heavy atom. The van der Waals surface area contributed by atoms with E-state index in [4.69, 9.17) is 18.9 Å². The number of rotatable bonds is 16. The van der Waals surface area contributed by atoms with Crippen molar-refractivity contribution in [1.29, 1.82) is 0 Å². The van der Waals surface area contributed by atoms with Gasteiger partial charge in [0.25, 0.3) is 0 Å². The molecule has 32 heteroatoms. The van der Waals surface area contributed by atoms with E-state index in [1.807, 2.05) is 42.9 Å². The van der Waals surface area contributed by atoms with Gasteiger partial charge in [-0.3, -0.25) is 57.5 Å². The van der Waals surface area contributed by atoms with Gasteiger partial charge < -0.3 is 96.1 Å². The molecule has 11 N–H and O–H groups in total. The molecule has 0 spiro atoms. The Hall–Kier alpha value is -10.4. The van der Waals surface area contributed by atoms with Crippen LogP contribution >= 0.6 is 0 Å². The highest BCUT2D eigenvalue weighted by atomic mass is 19.1. The fourth-order valence-corrected chi connectivity index (χ4v) is 15.3. The second-order valence-electron chi connectivity index (χ2n) is 31.0. The zero-order valence-corrected chi connectivity index (χ0v) is 66.6. The number of amides is 12. The molecule has 11 rings (SSSR count). The number of hydrogen-bond donors (Lipinski definition) is 11. The number of aliphatic hydroxyl groups excluding tert-OH is 1. The Kier molecular flexibility index (Phi) is 31.6. The van der Waals surface area contributed by atoms with Gasteiger partial charge in [-0.05, 0) is 123 Å². The lowest BCUT2D eigenvalue weighted by molar-refractivity contribution is -0.858. The molecular weight excluding hydrogens is 1480 g/mol. The van der Waals surface area contributed by atoms with Crippen LogP contribution in [0.3, 0.4) is 0 Å². The van der Waals surface area contributed by atoms with Gasteiger partial charge in [-0.2, -0.15) is 0 Å². The molecule has 622 valence electrons. The zero-order valence-electron chi connectivity index (χ0n) is 66.6. The van der Waals surface area contributed by atoms with Crippen LogP contribution in [0, 0.1) is 5.82 Å². The summed E-state index contributed by atoms with van der Waals surface area (Å²) in [5.41, 5.74) is 2.69. The molecule has 5 aromatic rings. The van der Waals surface area contributed by atoms with Crippen molar-refractivity contribution in [3.05, 3.63) is 136 Å². The number of aryl methyl sites for hydroxylation is 1. The second kappa shape index (κ2) is 41.8. The number of benzene rings is 4. The summed E-state index contributed by atoms with van der Waals surface area (Å²) >= 11 is 0. The Morgan fingerprint density at radius 1 is 0.687 bits per heavy atom. The number of quaternary nitrogens is 1. The number of halogens is 1. The van der Waals surface area contributed by atoms with E-state index < -0.39 is 144 Å². The molecule has 0 radical (unpaired) electrons. The van der Waals surface area contributed by atoms with Crippen LogP contribution in [-0.4, -0.2) is 249 Å². The summed E-state index contributed by atoms with van der Waals surface area (Å²) in [6, 6.07) is 13.8. The Balaban J connectivity index is 1.06. The smallest absolute Gasteiger partial charge is 0.246 e. The average Bonchev–Trinajstić information content (AvgIpc) is 1.66. The van der Waals surface area contributed by atoms with E-state index in [9.17, 15) is 33.9 Å². The lowest BCUT2D eigenvalue weighted by Crippen LogP contribution is -3.05. The van der Waals surface area contributed by atoms with Crippen molar-refractivity contribution in [3.63, 3.8) is 0 Å². The number of aromatic nitrogens is 1. The number of ether oxygens (including phenoxy) is 4. The van der Waals surface area contributed by atoms with Gasteiger partial charge in [-0.25, -0.2) is 4.39 Å². The van der Waals surface area contributed by atoms with Crippen LogP contribution in [0.1, 0.15) is 125 Å². The third-order valence-corrected chi connectivity index (χ3v) is 21.8. The summed E-state index contributed by atoms with van der Waals surface area (Å²) in [6.45, 7) is 5.73. The lowest BCUT2D eigenvalue weighted by atomic mass is 9.95. The summed E-state index contributed by atoms with van der Waals surface area (Å²) in [5, 5.41) is 37.0. The van der Waals surface area contributed by atoms with Crippen molar-refractivity contribution in [3.8, 4) is 5.75 Å². The molecule has 0 unspecified atom stereocenters. The monoisotopic (exact) mass is 1600 g/mol. The summed E-state index contributed by atoms with van der Waals surface area (Å²) in [4.78, 5) is 184. The molecule has 0 saturated carbocycles. The van der Waals surface area contributed by atoms with Gasteiger partial charge in [-0.1, -0.05) is 73.5 Å². The van der Waals surface area contributed by atoms with E-state index in [1.165, 1.54) is 42.9 Å². The Labute approximate surface area is 669 Å². The van der Waals surface area contributed by atoms with Crippen molar-refractivity contribution in [2.24, 2.45) is 0 Å². The molecule has 2 saturated heterocycles. The topological polar surface area (TPSA) is 389 Å². The third-order valence-electron chi connectivity index (χ3n) is 21.8. The lowest BCUT2D eigenvalue weighted by Gasteiger charge is -2.37. The van der Waals surface area contributed by atoms with E-state index in [2.05, 4.69) is 47.9 Å². The first-order valence-corrected chi connectivity index (χ1v) is 40.1. The number of hydrogen-bond acceptors (Lipinski definition) is 17. The third kappa shape index (κ3) is 24.3. The van der Waals surface area contributed by atoms with Gasteiger partial charge in [0.05, 0.1) is 66.4 Å². The average molecular weight is 1600 g/mol. The van der Waals surface area contributed by atoms with Gasteiger partial charge >= 0.3 is 0 Å². The van der Waals surface area contributed by atoms with Crippen LogP contribution in [-0.2, 0) is 117 Å². The number of nitrogens with one attached hydrogen (secondary N) is 10. The van der Waals surface area contributed by atoms with Crippen LogP contribution in [0.5, 0.6) is 5.75 Å². The molecule has 12 bridgehead atoms. The molecule has 6 aliphatic heterocycles. The number of carbonyl (C=O) groups excluding carboxylic acids is 12. The molecule has 6 aliphatic rings. The first kappa shape index (κ1) is 87.0. The number of methoxy groups -OCH3 is 1. The van der Waals surface area contributed by atoms with Crippen molar-refractivity contribution >= 4 is 81.8 Å². The van der Waals surface area contributed by atoms with Gasteiger partial charge in [-0.15, -0.1) is 0 Å². The highest BCUT2D eigenvalue weighted by Gasteiger charge is 2.50. The number of carbonyl (C=O) groups is 12. The Bertz CT molecular complexity index is 4260. The molecule has 12 amide bonds. The molecule has 4 aromatic carbocycles. The van der Waals surface area contributed by atoms with Crippen molar-refractivity contribution in [2.45, 2.75) is 197 Å². The van der Waals surface area contributed by atoms with Crippen LogP contribution in [0.25, 0.3) is 10.9 Å². The molecular formula is C83H112FN14O17+. The summed E-state index contributed by atoms with van der Waals surface area (Å²) in [6.07, 6.45) is 1.39. The molecule has 115 heavy (non-hydrogen) atoms. The van der Waals surface area contributed by atoms with Crippen LogP contribution in [0.4, 0.5) is 4.39 Å². The summed E-state index contributed by atoms with van der Waals surface area (Å²) < 4.78 is 40.8. The maximum atomic E-state index is 16.3. The van der Waals surface area contributed by atoms with E-state index in [0.29, 0.717) is 97.1 Å². The van der Waals surface area contributed by atoms with E-state index in [0.717, 1.165) is 29.0 Å². The summed E-state index contributed by atoms with van der Waals surface area (Å²) in [7, 11) is 5.58. The van der Waals surface area contributed by atoms with Crippen LogP contribution in [0.2, 0.25) is 0 Å². The first-order chi connectivity index (χ1) is 55.2. The molecule has 31 nitrogen and oxygen atoms in total. The molecule has 0 aliphatic carbocycles. The fourth-order valence-electron chi connectivity index (χ4n) is 15.3. The molecule has 10 atom stereocenters. The normalized spacial score (nSPS) is 24.5. The van der Waals surface area contributed by atoms with E-state index in [1.54, 1.807) is 72.6 Å². The van der Waals surface area contributed by atoms with E-state index in [-0.39, 0.29) is 110 Å². The van der Waals surface area contributed by atoms with Gasteiger partial charge in [0.2, 0.25) is 70.9 Å². The quantitative estimate of drug-likeness (QED) is 0.0590. The first-order valence-electron chi connectivity index (χ1n) is 40.1. The number of nitrogens with zero attached hydrogens (tertiary/aromatic N) is 4. The van der Waals surface area contributed by atoms with Gasteiger partial charge in [0.15, 0.2) is 0 Å². The van der Waals surface area contributed by atoms with Crippen molar-refractivity contribution in [2.75, 3.05) is 93.5 Å². The number of aliphatic hydroxyl groups is 1. The standard InChI is InChI=1S/C83H111FN14O17/c1-52-75(104)92-66(48-87-69(100)30-39-114-41-40-113-38-13-33-94(4)5)77(106)89-63-44-57-14-11-15-58(42-57)47-86-71(102)51-115-68-29-37-97-74(68)79(108)93-73(53(2)99)78(107)91-64(43-55-20-23-61(112-6)24-21-55)81(110)98-36-12-31-83(98,3)82(111)85-32-28-54-16-18-56(19-17-54)49-96(72(103)27-26-70(101)88-52)35-10-8-7-9-34-95-50-59(45-65(80(97)109)90-76(63)105)62-46-60(84)22-25-67(62)95/h11,14-25,42,46,50,52-53,63-66,68,73-74,99H,7-10,12-13,26-41,43-45,47-49,51H2,1-6H3,(H,85,111)(H,86,102)(H,87,100)(H,88,101)(H,89,106)(H,90,105)(H,91,107)(H,92,104)(H,93,108)/p+1/t52-,53+,63-,64-,65-,66+,68-,73-,74-,83-/m0/s1. The van der Waals surface area contributed by atoms with E-state index >= 15 is 33.2 Å². The zero-order chi connectivity index (χ0) is 82.3. The minimum absolute atomic E-state index is 0.0368.